The second kappa shape index (κ2) is 7.98. The van der Waals surface area contributed by atoms with Gasteiger partial charge in [0.15, 0.2) is 0 Å². The molecule has 0 bridgehead atoms. The lowest BCUT2D eigenvalue weighted by atomic mass is 10.1. The summed E-state index contributed by atoms with van der Waals surface area (Å²) in [5.41, 5.74) is 0.835. The minimum atomic E-state index is -0.383. The van der Waals surface area contributed by atoms with Crippen LogP contribution >= 0.6 is 22.7 Å². The Bertz CT molecular complexity index is 760. The number of aromatic nitrogens is 3. The van der Waals surface area contributed by atoms with E-state index in [1.54, 1.807) is 11.3 Å². The number of nitrogens with one attached hydrogen (secondary N) is 1. The summed E-state index contributed by atoms with van der Waals surface area (Å²) in [4.78, 5) is 30.4. The second-order valence-corrected chi connectivity index (χ2v) is 7.70. The molecule has 0 aromatic carbocycles. The molecule has 3 heterocycles. The summed E-state index contributed by atoms with van der Waals surface area (Å²) >= 11 is 2.86. The summed E-state index contributed by atoms with van der Waals surface area (Å²) in [6.45, 7) is 5.51. The summed E-state index contributed by atoms with van der Waals surface area (Å²) in [5, 5.41) is 15.0. The molecule has 0 aliphatic carbocycles. The maximum absolute atomic E-state index is 12.3. The highest BCUT2D eigenvalue weighted by molar-refractivity contribution is 7.15. The maximum atomic E-state index is 12.3. The lowest BCUT2D eigenvalue weighted by Gasteiger charge is -2.12. The van der Waals surface area contributed by atoms with Crippen molar-refractivity contribution in [3.63, 3.8) is 0 Å². The normalized spacial score (nSPS) is 17.3. The molecule has 1 N–H and O–H groups in total. The summed E-state index contributed by atoms with van der Waals surface area (Å²) in [6, 6.07) is 0. The van der Waals surface area contributed by atoms with E-state index in [2.05, 4.69) is 20.5 Å². The van der Waals surface area contributed by atoms with E-state index in [9.17, 15) is 9.59 Å². The first-order valence-electron chi connectivity index (χ1n) is 7.96. The quantitative estimate of drug-likeness (QED) is 0.781. The molecule has 2 aromatic heterocycles. The Labute approximate surface area is 153 Å². The summed E-state index contributed by atoms with van der Waals surface area (Å²) < 4.78 is 5.29. The summed E-state index contributed by atoms with van der Waals surface area (Å²) in [7, 11) is 0. The third-order valence-corrected chi connectivity index (χ3v) is 5.46. The Kier molecular flexibility index (Phi) is 5.71. The van der Waals surface area contributed by atoms with Crippen LogP contribution in [0.15, 0.2) is 5.38 Å². The molecule has 8 nitrogen and oxygen atoms in total. The Morgan fingerprint density at radius 1 is 1.48 bits per heavy atom. The average molecular weight is 381 g/mol. The van der Waals surface area contributed by atoms with Crippen LogP contribution in [-0.4, -0.2) is 40.1 Å². The van der Waals surface area contributed by atoms with Crippen LogP contribution in [0.2, 0.25) is 0 Å². The standard InChI is InChI=1S/C15H19N5O3S2/c1-3-23-7-12-18-19-15(25-12)20-6-10(4-13(20)21)14(22)16-5-11-8-24-9(2)17-11/h8,10H,3-7H2,1-2H3,(H,16,22). The molecule has 134 valence electrons. The fraction of sp³-hybridized carbons (Fsp3) is 0.533. The van der Waals surface area contributed by atoms with E-state index >= 15 is 0 Å². The Hall–Kier alpha value is -1.91. The molecule has 2 aromatic rings. The molecular weight excluding hydrogens is 362 g/mol. The number of carbonyl (C=O) groups excluding carboxylic acids is 2. The predicted molar refractivity (Wildman–Crippen MR) is 94.4 cm³/mol. The third kappa shape index (κ3) is 4.39. The number of hydrogen-bond donors (Lipinski definition) is 1. The highest BCUT2D eigenvalue weighted by Gasteiger charge is 2.36. The average Bonchev–Trinajstić information content (AvgIpc) is 3.30. The van der Waals surface area contributed by atoms with Crippen molar-refractivity contribution in [2.24, 2.45) is 5.92 Å². The number of carbonyl (C=O) groups is 2. The highest BCUT2D eigenvalue weighted by Crippen LogP contribution is 2.28. The number of hydrogen-bond acceptors (Lipinski definition) is 8. The van der Waals surface area contributed by atoms with E-state index < -0.39 is 0 Å². The van der Waals surface area contributed by atoms with Gasteiger partial charge in [0, 0.05) is 25.0 Å². The number of amides is 2. The molecule has 10 heteroatoms. The molecule has 0 radical (unpaired) electrons. The van der Waals surface area contributed by atoms with Crippen LogP contribution in [0.4, 0.5) is 5.13 Å². The molecule has 2 amide bonds. The van der Waals surface area contributed by atoms with E-state index in [4.69, 9.17) is 4.74 Å². The van der Waals surface area contributed by atoms with Crippen LogP contribution in [0.25, 0.3) is 0 Å². The van der Waals surface area contributed by atoms with Crippen molar-refractivity contribution in [3.8, 4) is 0 Å². The van der Waals surface area contributed by atoms with Crippen LogP contribution in [0.1, 0.15) is 29.1 Å². The number of thiazole rings is 1. The third-order valence-electron chi connectivity index (χ3n) is 3.72. The van der Waals surface area contributed by atoms with Crippen LogP contribution in [-0.2, 0) is 27.5 Å². The van der Waals surface area contributed by atoms with Gasteiger partial charge in [-0.15, -0.1) is 21.5 Å². The lowest BCUT2D eigenvalue weighted by Crippen LogP contribution is -2.32. The van der Waals surface area contributed by atoms with Crippen molar-refractivity contribution >= 4 is 39.6 Å². The van der Waals surface area contributed by atoms with Crippen molar-refractivity contribution in [2.75, 3.05) is 18.1 Å². The zero-order chi connectivity index (χ0) is 17.8. The molecule has 0 spiro atoms. The summed E-state index contributed by atoms with van der Waals surface area (Å²) in [5.74, 6) is -0.629. The molecule has 1 saturated heterocycles. The van der Waals surface area contributed by atoms with Gasteiger partial charge in [0.25, 0.3) is 0 Å². The molecule has 1 aliphatic rings. The zero-order valence-electron chi connectivity index (χ0n) is 14.0. The van der Waals surface area contributed by atoms with Gasteiger partial charge in [-0.25, -0.2) is 4.98 Å². The monoisotopic (exact) mass is 381 g/mol. The topological polar surface area (TPSA) is 97.3 Å². The number of aryl methyl sites for hydroxylation is 1. The number of rotatable bonds is 7. The van der Waals surface area contributed by atoms with Gasteiger partial charge >= 0.3 is 0 Å². The van der Waals surface area contributed by atoms with Gasteiger partial charge in [-0.3, -0.25) is 14.5 Å². The van der Waals surface area contributed by atoms with Crippen molar-refractivity contribution in [1.82, 2.24) is 20.5 Å². The van der Waals surface area contributed by atoms with Crippen molar-refractivity contribution in [2.45, 2.75) is 33.4 Å². The minimum absolute atomic E-state index is 0.108. The van der Waals surface area contributed by atoms with Gasteiger partial charge in [0.05, 0.1) is 23.2 Å². The SMILES string of the molecule is CCOCc1nnc(N2CC(C(=O)NCc3csc(C)n3)CC2=O)s1. The number of anilines is 1. The van der Waals surface area contributed by atoms with E-state index in [-0.39, 0.29) is 24.2 Å². The molecule has 1 aliphatic heterocycles. The van der Waals surface area contributed by atoms with Gasteiger partial charge < -0.3 is 10.1 Å². The maximum Gasteiger partial charge on any atom is 0.229 e. The summed E-state index contributed by atoms with van der Waals surface area (Å²) in [6.07, 6.45) is 0.183. The molecule has 1 unspecified atom stereocenters. The number of ether oxygens (including phenoxy) is 1. The van der Waals surface area contributed by atoms with Crippen LogP contribution < -0.4 is 10.2 Å². The Morgan fingerprint density at radius 3 is 3.04 bits per heavy atom. The largest absolute Gasteiger partial charge is 0.374 e. The van der Waals surface area contributed by atoms with E-state index in [1.807, 2.05) is 19.2 Å². The lowest BCUT2D eigenvalue weighted by molar-refractivity contribution is -0.126. The van der Waals surface area contributed by atoms with E-state index in [0.29, 0.717) is 31.4 Å². The van der Waals surface area contributed by atoms with Gasteiger partial charge in [0.2, 0.25) is 16.9 Å². The molecular formula is C15H19N5O3S2. The second-order valence-electron chi connectivity index (χ2n) is 5.60. The fourth-order valence-electron chi connectivity index (χ4n) is 2.48. The zero-order valence-corrected chi connectivity index (χ0v) is 15.7. The smallest absolute Gasteiger partial charge is 0.229 e. The van der Waals surface area contributed by atoms with Crippen molar-refractivity contribution < 1.29 is 14.3 Å². The van der Waals surface area contributed by atoms with E-state index in [0.717, 1.165) is 15.7 Å². The van der Waals surface area contributed by atoms with Crippen LogP contribution in [0, 0.1) is 12.8 Å². The molecule has 1 fully saturated rings. The molecule has 1 atom stereocenters. The Morgan fingerprint density at radius 2 is 2.32 bits per heavy atom. The van der Waals surface area contributed by atoms with Gasteiger partial charge in [-0.1, -0.05) is 11.3 Å². The first-order chi connectivity index (χ1) is 12.1. The van der Waals surface area contributed by atoms with Gasteiger partial charge in [-0.05, 0) is 13.8 Å². The molecule has 0 saturated carbocycles. The van der Waals surface area contributed by atoms with Gasteiger partial charge in [-0.2, -0.15) is 0 Å². The Balaban J connectivity index is 1.56. The van der Waals surface area contributed by atoms with E-state index in [1.165, 1.54) is 16.2 Å². The highest BCUT2D eigenvalue weighted by atomic mass is 32.1. The molecule has 25 heavy (non-hydrogen) atoms. The van der Waals surface area contributed by atoms with Crippen molar-refractivity contribution in [1.29, 1.82) is 0 Å². The van der Waals surface area contributed by atoms with Gasteiger partial charge in [0.1, 0.15) is 11.6 Å². The van der Waals surface area contributed by atoms with Crippen LogP contribution in [0.3, 0.4) is 0 Å². The predicted octanol–water partition coefficient (Wildman–Crippen LogP) is 1.51. The first-order valence-corrected chi connectivity index (χ1v) is 9.65. The minimum Gasteiger partial charge on any atom is -0.374 e. The first kappa shape index (κ1) is 17.9. The van der Waals surface area contributed by atoms with Crippen molar-refractivity contribution in [3.05, 3.63) is 21.1 Å². The fourth-order valence-corrected chi connectivity index (χ4v) is 3.90. The van der Waals surface area contributed by atoms with Crippen LogP contribution in [0.5, 0.6) is 0 Å². The number of nitrogens with zero attached hydrogens (tertiary/aromatic N) is 4. The molecule has 3 rings (SSSR count).